The van der Waals surface area contributed by atoms with Crippen molar-refractivity contribution in [3.8, 4) is 22.3 Å². The van der Waals surface area contributed by atoms with Crippen LogP contribution in [0.5, 0.6) is 0 Å². The molecule has 0 unspecified atom stereocenters. The van der Waals surface area contributed by atoms with E-state index in [4.69, 9.17) is 29.4 Å². The fourth-order valence-electron chi connectivity index (χ4n) is 13.4. The van der Waals surface area contributed by atoms with Crippen LogP contribution in [0.15, 0.2) is 158 Å². The lowest BCUT2D eigenvalue weighted by Crippen LogP contribution is -2.63. The van der Waals surface area contributed by atoms with Crippen molar-refractivity contribution in [2.45, 2.75) is 190 Å². The molecule has 8 N–H and O–H groups in total. The van der Waals surface area contributed by atoms with Crippen LogP contribution in [-0.4, -0.2) is 139 Å². The molecule has 2 fully saturated rings. The zero-order valence-corrected chi connectivity index (χ0v) is 59.8. The Bertz CT molecular complexity index is 3860. The molecule has 0 spiro atoms. The van der Waals surface area contributed by atoms with Crippen LogP contribution >= 0.6 is 0 Å². The normalized spacial score (nSPS) is 15.8. The molecule has 0 aliphatic heterocycles. The third-order valence-electron chi connectivity index (χ3n) is 18.4. The molecular formula is C80H96N6O17. The van der Waals surface area contributed by atoms with Gasteiger partial charge in [-0.25, -0.2) is 24.0 Å². The Morgan fingerprint density at radius 1 is 0.447 bits per heavy atom. The summed E-state index contributed by atoms with van der Waals surface area (Å²) in [5.74, 6) is -5.80. The second kappa shape index (κ2) is 35.9. The maximum atomic E-state index is 14.2. The predicted octanol–water partition coefficient (Wildman–Crippen LogP) is 10.6. The van der Waals surface area contributed by atoms with Gasteiger partial charge in [0.05, 0.1) is 33.1 Å². The summed E-state index contributed by atoms with van der Waals surface area (Å²) in [5, 5.41) is 23.1. The van der Waals surface area contributed by atoms with Gasteiger partial charge >= 0.3 is 42.0 Å². The summed E-state index contributed by atoms with van der Waals surface area (Å²) in [7, 11) is 2.34. The van der Waals surface area contributed by atoms with Gasteiger partial charge < -0.3 is 65.8 Å². The summed E-state index contributed by atoms with van der Waals surface area (Å²) in [4.78, 5) is 127. The molecule has 4 atom stereocenters. The van der Waals surface area contributed by atoms with Crippen molar-refractivity contribution in [1.29, 1.82) is 0 Å². The molecule has 23 heteroatoms. The smallest absolute Gasteiger partial charge is 0.408 e. The molecule has 0 saturated heterocycles. The summed E-state index contributed by atoms with van der Waals surface area (Å²) >= 11 is 0. The van der Waals surface area contributed by atoms with Crippen LogP contribution in [0.3, 0.4) is 0 Å². The number of amides is 5. The van der Waals surface area contributed by atoms with Crippen molar-refractivity contribution in [1.82, 2.24) is 26.6 Å². The van der Waals surface area contributed by atoms with Crippen molar-refractivity contribution in [2.75, 3.05) is 27.4 Å². The van der Waals surface area contributed by atoms with Gasteiger partial charge in [-0.15, -0.1) is 0 Å². The van der Waals surface area contributed by atoms with E-state index in [0.29, 0.717) is 44.9 Å². The highest BCUT2D eigenvalue weighted by Crippen LogP contribution is 2.46. The number of hydrogen-bond donors (Lipinski definition) is 7. The molecule has 0 heterocycles. The number of carboxylic acids is 1. The standard InChI is InChI=1S/C40H47N3O8.C22H23NO4.C18H26N2O5/c1-39(2,3)51-34(44)24-33(36(46)49-4)41-35(45)32(23-26-15-7-5-8-16-26)42-37(47)40(21-13-6-14-22-40)43-38(48)50-25-31-29-19-11-9-17-27(29)28-18-10-12-20-30(28)31;24-20(25)22(12-6-1-7-13-22)23-21(26)27-14-19-17-10-4-2-8-15(17)16-9-3-5-11-18(16)19;1-18(2,3)25-15(21)11-14(17(23)24-4)20-16(22)13(19)10-12-8-6-5-7-9-12/h5,7-12,15-20,31-33H,6,13-14,21-25H2,1-4H3,(H,41,45)(H,42,47)(H,43,48);2-5,8-11,19H,1,6-7,12-14H2,(H,23,26)(H,24,25);5-9,13-14H,10-11,19H2,1-4H3,(H,20,22)/t32-,33-;;13-,14-/m0.0/s1. The van der Waals surface area contributed by atoms with Crippen molar-refractivity contribution < 1.29 is 81.5 Å². The number of fused-ring (bicyclic) bond motifs is 6. The largest absolute Gasteiger partial charge is 0.480 e. The lowest BCUT2D eigenvalue weighted by Gasteiger charge is -2.37. The number of nitrogens with one attached hydrogen (secondary N) is 5. The van der Waals surface area contributed by atoms with E-state index < -0.39 is 113 Å². The Balaban J connectivity index is 0.000000217. The van der Waals surface area contributed by atoms with E-state index in [1.807, 2.05) is 121 Å². The molecule has 23 nitrogen and oxygen atoms in total. The number of alkyl carbamates (subject to hydrolysis) is 2. The van der Waals surface area contributed by atoms with E-state index in [-0.39, 0.29) is 37.9 Å². The van der Waals surface area contributed by atoms with Crippen LogP contribution in [-0.2, 0) is 79.6 Å². The van der Waals surface area contributed by atoms with Crippen LogP contribution < -0.4 is 32.3 Å². The number of nitrogens with two attached hydrogens (primary N) is 1. The van der Waals surface area contributed by atoms with E-state index in [2.05, 4.69) is 67.7 Å². The third kappa shape index (κ3) is 21.8. The highest BCUT2D eigenvalue weighted by Gasteiger charge is 2.45. The molecule has 0 bridgehead atoms. The SMILES string of the molecule is COC(=O)[C@H](CC(=O)OC(C)(C)C)NC(=O)[C@@H](N)Cc1ccccc1.COC(=O)[C@H](CC(=O)OC(C)(C)C)NC(=O)[C@H](Cc1ccccc1)NC(=O)C1(NC(=O)OCC2c3ccccc3-c3ccccc32)CCCCC1.O=C(NC1(C(=O)O)CCCCC1)OCC1c2ccccc2-c2ccccc21. The lowest BCUT2D eigenvalue weighted by atomic mass is 9.80. The van der Waals surface area contributed by atoms with Gasteiger partial charge in [0.15, 0.2) is 0 Å². The summed E-state index contributed by atoms with van der Waals surface area (Å²) in [5.41, 5.74) is 12.5. The molecule has 10 rings (SSSR count). The van der Waals surface area contributed by atoms with Gasteiger partial charge in [-0.05, 0) is 129 Å². The van der Waals surface area contributed by atoms with E-state index in [9.17, 15) is 53.1 Å². The fourth-order valence-corrected chi connectivity index (χ4v) is 13.4. The second-order valence-electron chi connectivity index (χ2n) is 28.3. The third-order valence-corrected chi connectivity index (χ3v) is 18.4. The van der Waals surface area contributed by atoms with Gasteiger partial charge in [-0.3, -0.25) is 24.0 Å². The molecule has 0 radical (unpaired) electrons. The monoisotopic (exact) mass is 1410 g/mol. The minimum Gasteiger partial charge on any atom is -0.480 e. The predicted molar refractivity (Wildman–Crippen MR) is 385 cm³/mol. The molecule has 4 aliphatic carbocycles. The van der Waals surface area contributed by atoms with E-state index in [1.54, 1.807) is 41.5 Å². The summed E-state index contributed by atoms with van der Waals surface area (Å²) in [6, 6.07) is 46.2. The van der Waals surface area contributed by atoms with Gasteiger partial charge in [0.2, 0.25) is 17.7 Å². The Kier molecular flexibility index (Phi) is 27.3. The summed E-state index contributed by atoms with van der Waals surface area (Å²) < 4.78 is 31.4. The number of rotatable bonds is 23. The molecule has 0 aromatic heterocycles. The number of aliphatic carboxylic acids is 1. The van der Waals surface area contributed by atoms with Gasteiger partial charge in [0, 0.05) is 18.3 Å². The Labute approximate surface area is 601 Å². The van der Waals surface area contributed by atoms with E-state index in [1.165, 1.54) is 7.11 Å². The first-order chi connectivity index (χ1) is 49.1. The Hall–Kier alpha value is -10.4. The van der Waals surface area contributed by atoms with E-state index >= 15 is 0 Å². The van der Waals surface area contributed by atoms with Crippen LogP contribution in [0.1, 0.15) is 164 Å². The average molecular weight is 1410 g/mol. The van der Waals surface area contributed by atoms with Crippen LogP contribution in [0.2, 0.25) is 0 Å². The minimum absolute atomic E-state index is 0.0321. The van der Waals surface area contributed by atoms with Crippen LogP contribution in [0.4, 0.5) is 9.59 Å². The number of methoxy groups -OCH3 is 2. The van der Waals surface area contributed by atoms with Gasteiger partial charge in [-0.1, -0.05) is 196 Å². The topological polar surface area (TPSA) is 332 Å². The van der Waals surface area contributed by atoms with Crippen LogP contribution in [0.25, 0.3) is 22.3 Å². The number of carbonyl (C=O) groups excluding carboxylic acids is 9. The van der Waals surface area contributed by atoms with Crippen molar-refractivity contribution in [2.24, 2.45) is 5.73 Å². The molecule has 548 valence electrons. The molecule has 103 heavy (non-hydrogen) atoms. The molecule has 6 aromatic carbocycles. The number of ether oxygens (including phenoxy) is 6. The first kappa shape index (κ1) is 78.3. The highest BCUT2D eigenvalue weighted by atomic mass is 16.6. The summed E-state index contributed by atoms with van der Waals surface area (Å²) in [6.45, 7) is 10.5. The average Bonchev–Trinajstić information content (AvgIpc) is 1.64. The molecule has 4 aliphatic rings. The van der Waals surface area contributed by atoms with Crippen molar-refractivity contribution in [3.05, 3.63) is 191 Å². The summed E-state index contributed by atoms with van der Waals surface area (Å²) in [6.07, 6.45) is 4.71. The number of carbonyl (C=O) groups is 10. The van der Waals surface area contributed by atoms with Gasteiger partial charge in [-0.2, -0.15) is 0 Å². The Morgan fingerprint density at radius 2 is 0.786 bits per heavy atom. The molecule has 2 saturated carbocycles. The van der Waals surface area contributed by atoms with Gasteiger partial charge in [0.25, 0.3) is 0 Å². The fraction of sp³-hybridized carbons (Fsp3) is 0.425. The number of benzene rings is 6. The highest BCUT2D eigenvalue weighted by molar-refractivity contribution is 5.96. The maximum Gasteiger partial charge on any atom is 0.408 e. The zero-order chi connectivity index (χ0) is 74.5. The number of carboxylic acid groups (broad SMARTS) is 1. The lowest BCUT2D eigenvalue weighted by molar-refractivity contribution is -0.159. The van der Waals surface area contributed by atoms with Gasteiger partial charge in [0.1, 0.15) is 53.6 Å². The quantitative estimate of drug-likeness (QED) is 0.0231. The molecule has 6 aromatic rings. The number of hydrogen-bond acceptors (Lipinski definition) is 17. The zero-order valence-electron chi connectivity index (χ0n) is 59.8. The maximum absolute atomic E-state index is 14.2. The van der Waals surface area contributed by atoms with Crippen molar-refractivity contribution in [3.63, 3.8) is 0 Å². The first-order valence-electron chi connectivity index (χ1n) is 35.0. The Morgan fingerprint density at radius 3 is 1.16 bits per heavy atom. The molecule has 5 amide bonds. The first-order valence-corrected chi connectivity index (χ1v) is 35.0. The molecular weight excluding hydrogens is 1320 g/mol. The van der Waals surface area contributed by atoms with E-state index in [0.717, 1.165) is 88.4 Å². The minimum atomic E-state index is -1.35. The second-order valence-corrected chi connectivity index (χ2v) is 28.3. The van der Waals surface area contributed by atoms with Crippen LogP contribution in [0, 0.1) is 0 Å². The number of esters is 4. The van der Waals surface area contributed by atoms with Crippen molar-refractivity contribution >= 4 is 59.8 Å².